The molecule has 0 radical (unpaired) electrons. The maximum Gasteiger partial charge on any atom is 0.0903 e. The minimum absolute atomic E-state index is 0.327. The van der Waals surface area contributed by atoms with Crippen molar-refractivity contribution in [1.82, 2.24) is 4.98 Å². The third-order valence-corrected chi connectivity index (χ3v) is 3.18. The maximum atomic E-state index is 5.78. The molecule has 0 saturated carbocycles. The Kier molecular flexibility index (Phi) is 4.11. The highest BCUT2D eigenvalue weighted by Crippen LogP contribution is 2.17. The van der Waals surface area contributed by atoms with Crippen LogP contribution in [-0.2, 0) is 16.1 Å². The third-order valence-electron chi connectivity index (χ3n) is 2.46. The largest absolute Gasteiger partial charge is 0.381 e. The van der Waals surface area contributed by atoms with E-state index >= 15 is 0 Å². The first-order valence-corrected chi connectivity index (χ1v) is 5.94. The fourth-order valence-corrected chi connectivity index (χ4v) is 1.93. The summed E-state index contributed by atoms with van der Waals surface area (Å²) in [7, 11) is 0. The van der Waals surface area contributed by atoms with Crippen molar-refractivity contribution in [1.29, 1.82) is 0 Å². The molecule has 1 aromatic rings. The molecule has 2 rings (SSSR count). The van der Waals surface area contributed by atoms with Crippen LogP contribution in [0.5, 0.6) is 0 Å². The zero-order chi connectivity index (χ0) is 10.5. The highest BCUT2D eigenvalue weighted by molar-refractivity contribution is 9.10. The number of halogens is 1. The Balaban J connectivity index is 1.84. The van der Waals surface area contributed by atoms with Gasteiger partial charge in [-0.2, -0.15) is 0 Å². The van der Waals surface area contributed by atoms with Crippen LogP contribution in [0.4, 0.5) is 0 Å². The quantitative estimate of drug-likeness (QED) is 0.847. The Labute approximate surface area is 97.9 Å². The summed E-state index contributed by atoms with van der Waals surface area (Å²) in [5, 5.41) is 0. The van der Waals surface area contributed by atoms with Crippen LogP contribution in [0.1, 0.15) is 18.5 Å². The lowest BCUT2D eigenvalue weighted by molar-refractivity contribution is -0.0401. The number of hydrogen-bond donors (Lipinski definition) is 0. The van der Waals surface area contributed by atoms with Crippen LogP contribution in [-0.4, -0.2) is 24.3 Å². The Morgan fingerprint density at radius 1 is 1.47 bits per heavy atom. The molecule has 1 fully saturated rings. The maximum absolute atomic E-state index is 5.78. The van der Waals surface area contributed by atoms with E-state index in [2.05, 4.69) is 20.9 Å². The van der Waals surface area contributed by atoms with Crippen LogP contribution in [0.2, 0.25) is 0 Å². The van der Waals surface area contributed by atoms with E-state index in [-0.39, 0.29) is 0 Å². The first-order valence-electron chi connectivity index (χ1n) is 5.15. The summed E-state index contributed by atoms with van der Waals surface area (Å²) in [6.07, 6.45) is 4.09. The fourth-order valence-electron chi connectivity index (χ4n) is 1.56. The molecule has 0 aliphatic carbocycles. The smallest absolute Gasteiger partial charge is 0.0903 e. The Hall–Kier alpha value is -0.450. The van der Waals surface area contributed by atoms with E-state index in [4.69, 9.17) is 9.47 Å². The van der Waals surface area contributed by atoms with Crippen LogP contribution < -0.4 is 0 Å². The summed E-state index contributed by atoms with van der Waals surface area (Å²) in [6.45, 7) is 2.20. The molecular formula is C11H14BrNO2. The molecule has 15 heavy (non-hydrogen) atoms. The van der Waals surface area contributed by atoms with E-state index in [0.717, 1.165) is 36.2 Å². The first-order chi connectivity index (χ1) is 7.36. The van der Waals surface area contributed by atoms with Crippen molar-refractivity contribution in [2.45, 2.75) is 25.6 Å². The molecule has 3 nitrogen and oxygen atoms in total. The molecule has 1 aliphatic heterocycles. The zero-order valence-corrected chi connectivity index (χ0v) is 10.1. The monoisotopic (exact) mass is 271 g/mol. The molecule has 0 aromatic carbocycles. The topological polar surface area (TPSA) is 31.4 Å². The molecular weight excluding hydrogens is 258 g/mol. The van der Waals surface area contributed by atoms with Gasteiger partial charge >= 0.3 is 0 Å². The predicted octanol–water partition coefficient (Wildman–Crippen LogP) is 2.54. The molecule has 4 heteroatoms. The molecule has 0 bridgehead atoms. The molecule has 2 heterocycles. The van der Waals surface area contributed by atoms with Gasteiger partial charge in [-0.25, -0.2) is 0 Å². The van der Waals surface area contributed by atoms with Crippen molar-refractivity contribution < 1.29 is 9.47 Å². The second-order valence-electron chi connectivity index (χ2n) is 3.55. The molecule has 1 aliphatic rings. The number of pyridine rings is 1. The lowest BCUT2D eigenvalue weighted by Crippen LogP contribution is -2.23. The predicted molar refractivity (Wildman–Crippen MR) is 60.6 cm³/mol. The average molecular weight is 272 g/mol. The molecule has 1 saturated heterocycles. The van der Waals surface area contributed by atoms with Gasteiger partial charge < -0.3 is 9.47 Å². The van der Waals surface area contributed by atoms with Gasteiger partial charge in [0.1, 0.15) is 0 Å². The van der Waals surface area contributed by atoms with E-state index < -0.39 is 0 Å². The van der Waals surface area contributed by atoms with Crippen molar-refractivity contribution in [2.24, 2.45) is 0 Å². The zero-order valence-electron chi connectivity index (χ0n) is 8.49. The number of aromatic nitrogens is 1. The number of rotatable bonds is 3. The number of hydrogen-bond acceptors (Lipinski definition) is 3. The average Bonchev–Trinajstić information content (AvgIpc) is 2.29. The van der Waals surface area contributed by atoms with Gasteiger partial charge in [0.05, 0.1) is 18.4 Å². The highest BCUT2D eigenvalue weighted by atomic mass is 79.9. The molecule has 0 atom stereocenters. The van der Waals surface area contributed by atoms with Crippen LogP contribution in [0.25, 0.3) is 0 Å². The lowest BCUT2D eigenvalue weighted by Gasteiger charge is -2.22. The Morgan fingerprint density at radius 3 is 3.00 bits per heavy atom. The second kappa shape index (κ2) is 5.58. The van der Waals surface area contributed by atoms with Gasteiger partial charge in [-0.15, -0.1) is 0 Å². The van der Waals surface area contributed by atoms with Gasteiger partial charge in [-0.1, -0.05) is 0 Å². The van der Waals surface area contributed by atoms with E-state index in [0.29, 0.717) is 12.7 Å². The summed E-state index contributed by atoms with van der Waals surface area (Å²) in [4.78, 5) is 4.26. The molecule has 0 spiro atoms. The van der Waals surface area contributed by atoms with Gasteiger partial charge in [0.2, 0.25) is 0 Å². The van der Waals surface area contributed by atoms with Gasteiger partial charge in [0.25, 0.3) is 0 Å². The fraction of sp³-hybridized carbons (Fsp3) is 0.545. The summed E-state index contributed by atoms with van der Waals surface area (Å²) in [6, 6.07) is 3.89. The number of ether oxygens (including phenoxy) is 2. The van der Waals surface area contributed by atoms with E-state index in [9.17, 15) is 0 Å². The third kappa shape index (κ3) is 3.26. The van der Waals surface area contributed by atoms with E-state index in [1.807, 2.05) is 12.1 Å². The van der Waals surface area contributed by atoms with Crippen LogP contribution in [0, 0.1) is 0 Å². The van der Waals surface area contributed by atoms with E-state index in [1.54, 1.807) is 6.20 Å². The van der Waals surface area contributed by atoms with Crippen molar-refractivity contribution in [3.05, 3.63) is 28.5 Å². The normalized spacial score (nSPS) is 17.9. The summed E-state index contributed by atoms with van der Waals surface area (Å²) in [5.74, 6) is 0. The molecule has 0 N–H and O–H groups in total. The second-order valence-corrected chi connectivity index (χ2v) is 4.41. The van der Waals surface area contributed by atoms with Crippen LogP contribution in [0.15, 0.2) is 22.8 Å². The van der Waals surface area contributed by atoms with Crippen molar-refractivity contribution in [3.8, 4) is 0 Å². The number of nitrogens with zero attached hydrogens (tertiary/aromatic N) is 1. The molecule has 1 aromatic heterocycles. The Morgan fingerprint density at radius 2 is 2.27 bits per heavy atom. The van der Waals surface area contributed by atoms with Crippen molar-refractivity contribution in [3.63, 3.8) is 0 Å². The molecule has 0 amide bonds. The summed E-state index contributed by atoms with van der Waals surface area (Å²) >= 11 is 3.45. The molecule has 0 unspecified atom stereocenters. The Bertz CT molecular complexity index is 313. The van der Waals surface area contributed by atoms with Crippen LogP contribution in [0.3, 0.4) is 0 Å². The van der Waals surface area contributed by atoms with Gasteiger partial charge in [-0.05, 0) is 40.9 Å². The van der Waals surface area contributed by atoms with Gasteiger partial charge in [0, 0.05) is 23.9 Å². The molecule has 82 valence electrons. The van der Waals surface area contributed by atoms with E-state index in [1.165, 1.54) is 0 Å². The van der Waals surface area contributed by atoms with Crippen molar-refractivity contribution >= 4 is 15.9 Å². The van der Waals surface area contributed by atoms with Crippen LogP contribution >= 0.6 is 15.9 Å². The standard InChI is InChI=1S/C11H14BrNO2/c12-10-2-1-5-13-11(10)8-15-9-3-6-14-7-4-9/h1-2,5,9H,3-4,6-8H2. The lowest BCUT2D eigenvalue weighted by atomic mass is 10.1. The highest BCUT2D eigenvalue weighted by Gasteiger charge is 2.14. The SMILES string of the molecule is Brc1cccnc1COC1CCOCC1. The first kappa shape index (κ1) is 11.0. The summed E-state index contributed by atoms with van der Waals surface area (Å²) in [5.41, 5.74) is 0.962. The van der Waals surface area contributed by atoms with Gasteiger partial charge in [0.15, 0.2) is 0 Å². The minimum atomic E-state index is 0.327. The minimum Gasteiger partial charge on any atom is -0.381 e. The summed E-state index contributed by atoms with van der Waals surface area (Å²) < 4.78 is 12.1. The van der Waals surface area contributed by atoms with Gasteiger partial charge in [-0.3, -0.25) is 4.98 Å². The van der Waals surface area contributed by atoms with Crippen molar-refractivity contribution in [2.75, 3.05) is 13.2 Å².